The molecule has 2 fully saturated rings. The predicted octanol–water partition coefficient (Wildman–Crippen LogP) is 3.97. The highest BCUT2D eigenvalue weighted by atomic mass is 19.1. The maximum Gasteiger partial charge on any atom is 0.123 e. The van der Waals surface area contributed by atoms with Gasteiger partial charge in [-0.2, -0.15) is 0 Å². The highest BCUT2D eigenvalue weighted by Gasteiger charge is 2.25. The molecule has 0 saturated heterocycles. The van der Waals surface area contributed by atoms with Crippen molar-refractivity contribution in [2.24, 2.45) is 0 Å². The minimum atomic E-state index is -0.180. The number of nitrogens with one attached hydrogen (secondary N) is 1. The Bertz CT molecular complexity index is 410. The molecule has 1 aromatic rings. The van der Waals surface area contributed by atoms with Gasteiger partial charge in [-0.1, -0.05) is 31.4 Å². The molecule has 0 spiro atoms. The second-order valence-electron chi connectivity index (χ2n) is 6.12. The molecule has 1 unspecified atom stereocenters. The summed E-state index contributed by atoms with van der Waals surface area (Å²) >= 11 is 0. The lowest BCUT2D eigenvalue weighted by Gasteiger charge is -2.28. The van der Waals surface area contributed by atoms with Crippen LogP contribution in [0.25, 0.3) is 0 Å². The highest BCUT2D eigenvalue weighted by molar-refractivity contribution is 5.19. The van der Waals surface area contributed by atoms with Crippen molar-refractivity contribution in [3.05, 3.63) is 35.6 Å². The van der Waals surface area contributed by atoms with Crippen molar-refractivity contribution in [2.45, 2.75) is 63.2 Å². The summed E-state index contributed by atoms with van der Waals surface area (Å²) in [6.45, 7) is 0.840. The zero-order chi connectivity index (χ0) is 13.8. The van der Waals surface area contributed by atoms with E-state index in [1.807, 2.05) is 12.1 Å². The Kier molecular flexibility index (Phi) is 4.69. The molecule has 2 aliphatic carbocycles. The second kappa shape index (κ2) is 6.68. The number of benzene rings is 1. The number of ether oxygens (including phenoxy) is 1. The van der Waals surface area contributed by atoms with E-state index in [-0.39, 0.29) is 11.9 Å². The van der Waals surface area contributed by atoms with Crippen molar-refractivity contribution in [2.75, 3.05) is 6.54 Å². The Hall–Kier alpha value is -0.930. The molecule has 0 aromatic heterocycles. The Labute approximate surface area is 120 Å². The molecular weight excluding hydrogens is 253 g/mol. The first-order valence-electron chi connectivity index (χ1n) is 7.95. The van der Waals surface area contributed by atoms with E-state index in [4.69, 9.17) is 4.74 Å². The van der Waals surface area contributed by atoms with Crippen LogP contribution in [-0.2, 0) is 4.74 Å². The molecular formula is C17H24FNO. The number of halogens is 1. The van der Waals surface area contributed by atoms with Gasteiger partial charge in [0.1, 0.15) is 5.82 Å². The number of rotatable bonds is 6. The smallest absolute Gasteiger partial charge is 0.123 e. The standard InChI is InChI=1S/C17H24FNO/c18-14-8-6-13(7-9-14)17(12-19-15-10-11-15)20-16-4-2-1-3-5-16/h6-9,15-17,19H,1-5,10-12H2. The summed E-state index contributed by atoms with van der Waals surface area (Å²) in [6.07, 6.45) is 9.20. The summed E-state index contributed by atoms with van der Waals surface area (Å²) in [5.74, 6) is -0.180. The second-order valence-corrected chi connectivity index (χ2v) is 6.12. The van der Waals surface area contributed by atoms with Crippen molar-refractivity contribution in [1.82, 2.24) is 5.32 Å². The molecule has 2 saturated carbocycles. The fourth-order valence-electron chi connectivity index (χ4n) is 2.92. The van der Waals surface area contributed by atoms with Crippen molar-refractivity contribution in [1.29, 1.82) is 0 Å². The van der Waals surface area contributed by atoms with Crippen LogP contribution in [0.5, 0.6) is 0 Å². The molecule has 0 amide bonds. The van der Waals surface area contributed by atoms with Crippen LogP contribution in [0.2, 0.25) is 0 Å². The van der Waals surface area contributed by atoms with E-state index < -0.39 is 0 Å². The van der Waals surface area contributed by atoms with Gasteiger partial charge in [-0.15, -0.1) is 0 Å². The molecule has 1 N–H and O–H groups in total. The molecule has 1 aromatic carbocycles. The van der Waals surface area contributed by atoms with Crippen LogP contribution in [0, 0.1) is 5.82 Å². The van der Waals surface area contributed by atoms with Gasteiger partial charge in [0.05, 0.1) is 12.2 Å². The lowest BCUT2D eigenvalue weighted by atomic mass is 9.97. The van der Waals surface area contributed by atoms with Crippen molar-refractivity contribution < 1.29 is 9.13 Å². The average molecular weight is 277 g/mol. The summed E-state index contributed by atoms with van der Waals surface area (Å²) < 4.78 is 19.4. The van der Waals surface area contributed by atoms with E-state index >= 15 is 0 Å². The normalized spacial score (nSPS) is 21.9. The lowest BCUT2D eigenvalue weighted by molar-refractivity contribution is -0.0307. The third-order valence-corrected chi connectivity index (χ3v) is 4.32. The topological polar surface area (TPSA) is 21.3 Å². The van der Waals surface area contributed by atoms with E-state index in [9.17, 15) is 4.39 Å². The molecule has 3 rings (SSSR count). The lowest BCUT2D eigenvalue weighted by Crippen LogP contribution is -2.29. The van der Waals surface area contributed by atoms with Crippen LogP contribution in [0.4, 0.5) is 4.39 Å². The minimum Gasteiger partial charge on any atom is -0.369 e. The zero-order valence-corrected chi connectivity index (χ0v) is 12.0. The highest BCUT2D eigenvalue weighted by Crippen LogP contribution is 2.28. The summed E-state index contributed by atoms with van der Waals surface area (Å²) in [5.41, 5.74) is 1.09. The molecule has 0 radical (unpaired) electrons. The van der Waals surface area contributed by atoms with Gasteiger partial charge in [-0.25, -0.2) is 4.39 Å². The van der Waals surface area contributed by atoms with Gasteiger partial charge >= 0.3 is 0 Å². The average Bonchev–Trinajstić information content (AvgIpc) is 3.30. The predicted molar refractivity (Wildman–Crippen MR) is 78.1 cm³/mol. The Morgan fingerprint density at radius 3 is 2.40 bits per heavy atom. The zero-order valence-electron chi connectivity index (χ0n) is 12.0. The molecule has 110 valence electrons. The van der Waals surface area contributed by atoms with E-state index in [1.54, 1.807) is 0 Å². The summed E-state index contributed by atoms with van der Waals surface area (Å²) in [4.78, 5) is 0. The maximum absolute atomic E-state index is 13.1. The van der Waals surface area contributed by atoms with Crippen LogP contribution in [0.3, 0.4) is 0 Å². The van der Waals surface area contributed by atoms with Crippen LogP contribution in [0.1, 0.15) is 56.6 Å². The fraction of sp³-hybridized carbons (Fsp3) is 0.647. The molecule has 3 heteroatoms. The SMILES string of the molecule is Fc1ccc(C(CNC2CC2)OC2CCCCC2)cc1. The van der Waals surface area contributed by atoms with Crippen LogP contribution in [-0.4, -0.2) is 18.7 Å². The van der Waals surface area contributed by atoms with E-state index in [2.05, 4.69) is 5.32 Å². The Morgan fingerprint density at radius 2 is 1.75 bits per heavy atom. The van der Waals surface area contributed by atoms with Gasteiger partial charge in [-0.05, 0) is 43.4 Å². The van der Waals surface area contributed by atoms with Crippen LogP contribution >= 0.6 is 0 Å². The summed E-state index contributed by atoms with van der Waals surface area (Å²) in [6, 6.07) is 7.45. The van der Waals surface area contributed by atoms with E-state index in [0.717, 1.165) is 12.1 Å². The quantitative estimate of drug-likeness (QED) is 0.849. The van der Waals surface area contributed by atoms with Crippen LogP contribution < -0.4 is 5.32 Å². The van der Waals surface area contributed by atoms with Gasteiger partial charge in [0.2, 0.25) is 0 Å². The summed E-state index contributed by atoms with van der Waals surface area (Å²) in [5, 5.41) is 3.54. The largest absolute Gasteiger partial charge is 0.369 e. The Morgan fingerprint density at radius 1 is 1.05 bits per heavy atom. The van der Waals surface area contributed by atoms with Gasteiger partial charge in [0.15, 0.2) is 0 Å². The van der Waals surface area contributed by atoms with Gasteiger partial charge < -0.3 is 10.1 Å². The molecule has 0 bridgehead atoms. The molecule has 1 atom stereocenters. The first-order valence-corrected chi connectivity index (χ1v) is 7.95. The van der Waals surface area contributed by atoms with Gasteiger partial charge in [-0.3, -0.25) is 0 Å². The maximum atomic E-state index is 13.1. The third kappa shape index (κ3) is 4.03. The van der Waals surface area contributed by atoms with E-state index in [1.165, 1.54) is 57.1 Å². The number of hydrogen-bond acceptors (Lipinski definition) is 2. The molecule has 2 nitrogen and oxygen atoms in total. The molecule has 20 heavy (non-hydrogen) atoms. The first-order chi connectivity index (χ1) is 9.81. The fourth-order valence-corrected chi connectivity index (χ4v) is 2.92. The van der Waals surface area contributed by atoms with Crippen molar-refractivity contribution in [3.8, 4) is 0 Å². The third-order valence-electron chi connectivity index (χ3n) is 4.32. The van der Waals surface area contributed by atoms with Crippen LogP contribution in [0.15, 0.2) is 24.3 Å². The molecule has 0 heterocycles. The first kappa shape index (κ1) is 14.0. The number of hydrogen-bond donors (Lipinski definition) is 1. The van der Waals surface area contributed by atoms with Gasteiger partial charge in [0, 0.05) is 12.6 Å². The monoisotopic (exact) mass is 277 g/mol. The minimum absolute atomic E-state index is 0.0549. The Balaban J connectivity index is 1.63. The summed E-state index contributed by atoms with van der Waals surface area (Å²) in [7, 11) is 0. The van der Waals surface area contributed by atoms with Crippen molar-refractivity contribution in [3.63, 3.8) is 0 Å². The molecule has 2 aliphatic rings. The van der Waals surface area contributed by atoms with Gasteiger partial charge in [0.25, 0.3) is 0 Å². The van der Waals surface area contributed by atoms with Crippen molar-refractivity contribution >= 4 is 0 Å². The van der Waals surface area contributed by atoms with E-state index in [0.29, 0.717) is 12.1 Å². The molecule has 0 aliphatic heterocycles.